The maximum absolute atomic E-state index is 12.6. The Morgan fingerprint density at radius 1 is 1.00 bits per heavy atom. The first-order chi connectivity index (χ1) is 11.6. The molecule has 2 aliphatic rings. The molecule has 1 N–H and O–H groups in total. The summed E-state index contributed by atoms with van der Waals surface area (Å²) in [5, 5.41) is 2.92. The molecular weight excluding hydrogens is 300 g/mol. The molecule has 0 atom stereocenters. The molecule has 4 heteroatoms. The van der Waals surface area contributed by atoms with Gasteiger partial charge in [0, 0.05) is 35.5 Å². The van der Waals surface area contributed by atoms with Gasteiger partial charge in [-0.15, -0.1) is 0 Å². The van der Waals surface area contributed by atoms with Crippen molar-refractivity contribution in [1.82, 2.24) is 4.90 Å². The summed E-state index contributed by atoms with van der Waals surface area (Å²) in [6.45, 7) is 5.77. The van der Waals surface area contributed by atoms with Crippen LogP contribution in [0.5, 0.6) is 0 Å². The van der Waals surface area contributed by atoms with Crippen LogP contribution in [0.4, 0.5) is 5.69 Å². The van der Waals surface area contributed by atoms with E-state index < -0.39 is 0 Å². The molecule has 0 saturated carbocycles. The molecule has 0 bridgehead atoms. The quantitative estimate of drug-likeness (QED) is 0.874. The Bertz CT molecular complexity index is 864. The molecule has 2 aliphatic heterocycles. The number of hydrogen-bond donors (Lipinski definition) is 1. The minimum Gasteiger partial charge on any atom is -0.339 e. The molecule has 1 fully saturated rings. The van der Waals surface area contributed by atoms with Gasteiger partial charge in [0.15, 0.2) is 0 Å². The van der Waals surface area contributed by atoms with Gasteiger partial charge in [0.1, 0.15) is 0 Å². The third kappa shape index (κ3) is 2.31. The van der Waals surface area contributed by atoms with E-state index in [0.29, 0.717) is 16.8 Å². The standard InChI is InChI=1S/C20H18N2O2/c1-13-15-6-2-3-7-17(15)19(23)21-18-12-14(8-9-16(13)18)20(24)22-10-4-5-11-22/h2-3,6-9,12H,1,4-5,10-11H2,(H,21,23). The maximum Gasteiger partial charge on any atom is 0.256 e. The third-order valence-electron chi connectivity index (χ3n) is 4.73. The van der Waals surface area contributed by atoms with E-state index in [1.807, 2.05) is 35.2 Å². The lowest BCUT2D eigenvalue weighted by Gasteiger charge is -2.17. The van der Waals surface area contributed by atoms with Gasteiger partial charge in [-0.25, -0.2) is 0 Å². The summed E-state index contributed by atoms with van der Waals surface area (Å²) in [7, 11) is 0. The number of benzene rings is 2. The minimum absolute atomic E-state index is 0.0249. The van der Waals surface area contributed by atoms with E-state index in [4.69, 9.17) is 0 Å². The molecule has 24 heavy (non-hydrogen) atoms. The van der Waals surface area contributed by atoms with Crippen molar-refractivity contribution >= 4 is 23.1 Å². The Morgan fingerprint density at radius 3 is 2.46 bits per heavy atom. The van der Waals surface area contributed by atoms with E-state index >= 15 is 0 Å². The molecule has 0 unspecified atom stereocenters. The molecular formula is C20H18N2O2. The van der Waals surface area contributed by atoms with Crippen molar-refractivity contribution in [2.75, 3.05) is 18.4 Å². The summed E-state index contributed by atoms with van der Waals surface area (Å²) in [5.41, 5.74) is 4.32. The summed E-state index contributed by atoms with van der Waals surface area (Å²) in [6, 6.07) is 12.9. The lowest BCUT2D eigenvalue weighted by Crippen LogP contribution is -2.27. The Labute approximate surface area is 140 Å². The molecule has 0 radical (unpaired) electrons. The highest BCUT2D eigenvalue weighted by Crippen LogP contribution is 2.34. The average molecular weight is 318 g/mol. The Morgan fingerprint density at radius 2 is 1.71 bits per heavy atom. The van der Waals surface area contributed by atoms with Crippen LogP contribution < -0.4 is 5.32 Å². The van der Waals surface area contributed by atoms with Gasteiger partial charge in [-0.3, -0.25) is 9.59 Å². The highest BCUT2D eigenvalue weighted by atomic mass is 16.2. The zero-order valence-corrected chi connectivity index (χ0v) is 13.3. The zero-order valence-electron chi connectivity index (χ0n) is 13.3. The van der Waals surface area contributed by atoms with Crippen LogP contribution in [0.25, 0.3) is 5.57 Å². The molecule has 1 saturated heterocycles. The van der Waals surface area contributed by atoms with Gasteiger partial charge >= 0.3 is 0 Å². The van der Waals surface area contributed by atoms with Gasteiger partial charge in [-0.2, -0.15) is 0 Å². The molecule has 4 nitrogen and oxygen atoms in total. The van der Waals surface area contributed by atoms with E-state index in [-0.39, 0.29) is 11.8 Å². The normalized spacial score (nSPS) is 16.2. The Balaban J connectivity index is 1.76. The molecule has 2 aromatic rings. The first kappa shape index (κ1) is 14.7. The van der Waals surface area contributed by atoms with Crippen molar-refractivity contribution in [3.8, 4) is 0 Å². The monoisotopic (exact) mass is 318 g/mol. The number of anilines is 1. The van der Waals surface area contributed by atoms with E-state index in [2.05, 4.69) is 11.9 Å². The van der Waals surface area contributed by atoms with Gasteiger partial charge in [0.2, 0.25) is 0 Å². The molecule has 2 amide bonds. The summed E-state index contributed by atoms with van der Waals surface area (Å²) in [5.74, 6) is -0.145. The second kappa shape index (κ2) is 5.64. The number of carbonyl (C=O) groups is 2. The second-order valence-corrected chi connectivity index (χ2v) is 6.24. The molecule has 120 valence electrons. The molecule has 2 heterocycles. The number of likely N-dealkylation sites (tertiary alicyclic amines) is 1. The number of amides is 2. The lowest BCUT2D eigenvalue weighted by atomic mass is 9.95. The molecule has 2 aromatic carbocycles. The predicted molar refractivity (Wildman–Crippen MR) is 94.1 cm³/mol. The van der Waals surface area contributed by atoms with Crippen molar-refractivity contribution in [2.24, 2.45) is 0 Å². The summed E-state index contributed by atoms with van der Waals surface area (Å²) >= 11 is 0. The number of rotatable bonds is 1. The van der Waals surface area contributed by atoms with Crippen molar-refractivity contribution in [3.63, 3.8) is 0 Å². The van der Waals surface area contributed by atoms with Crippen molar-refractivity contribution in [1.29, 1.82) is 0 Å². The minimum atomic E-state index is -0.170. The van der Waals surface area contributed by atoms with Gasteiger partial charge in [0.05, 0.1) is 0 Å². The van der Waals surface area contributed by atoms with E-state index in [1.54, 1.807) is 12.1 Å². The van der Waals surface area contributed by atoms with Crippen LogP contribution in [0.15, 0.2) is 49.0 Å². The van der Waals surface area contributed by atoms with Gasteiger partial charge < -0.3 is 10.2 Å². The topological polar surface area (TPSA) is 49.4 Å². The molecule has 0 aromatic heterocycles. The van der Waals surface area contributed by atoms with E-state index in [0.717, 1.165) is 42.6 Å². The average Bonchev–Trinajstić information content (AvgIpc) is 3.12. The van der Waals surface area contributed by atoms with Crippen LogP contribution >= 0.6 is 0 Å². The van der Waals surface area contributed by atoms with E-state index in [1.165, 1.54) is 0 Å². The van der Waals surface area contributed by atoms with Crippen LogP contribution in [-0.4, -0.2) is 29.8 Å². The SMILES string of the molecule is C=C1c2ccc(C(=O)N3CCCC3)cc2NC(=O)c2ccccc21. The summed E-state index contributed by atoms with van der Waals surface area (Å²) in [6.07, 6.45) is 2.11. The smallest absolute Gasteiger partial charge is 0.256 e. The largest absolute Gasteiger partial charge is 0.339 e. The van der Waals surface area contributed by atoms with Crippen LogP contribution in [0.1, 0.15) is 44.7 Å². The summed E-state index contributed by atoms with van der Waals surface area (Å²) in [4.78, 5) is 27.0. The van der Waals surface area contributed by atoms with Crippen molar-refractivity contribution < 1.29 is 9.59 Å². The molecule has 0 aliphatic carbocycles. The second-order valence-electron chi connectivity index (χ2n) is 6.24. The lowest BCUT2D eigenvalue weighted by molar-refractivity contribution is 0.0792. The highest BCUT2D eigenvalue weighted by Gasteiger charge is 2.24. The highest BCUT2D eigenvalue weighted by molar-refractivity contribution is 6.13. The van der Waals surface area contributed by atoms with Gasteiger partial charge in [-0.1, -0.05) is 30.8 Å². The Hall–Kier alpha value is -2.88. The number of nitrogens with one attached hydrogen (secondary N) is 1. The molecule has 4 rings (SSSR count). The maximum atomic E-state index is 12.6. The fourth-order valence-corrected chi connectivity index (χ4v) is 3.43. The number of carbonyl (C=O) groups excluding carboxylic acids is 2. The Kier molecular flexibility index (Phi) is 3.45. The number of hydrogen-bond acceptors (Lipinski definition) is 2. The van der Waals surface area contributed by atoms with Crippen LogP contribution in [0.2, 0.25) is 0 Å². The number of nitrogens with zero attached hydrogens (tertiary/aromatic N) is 1. The van der Waals surface area contributed by atoms with Crippen LogP contribution in [-0.2, 0) is 0 Å². The fraction of sp³-hybridized carbons (Fsp3) is 0.200. The van der Waals surface area contributed by atoms with Crippen LogP contribution in [0, 0.1) is 0 Å². The summed E-state index contributed by atoms with van der Waals surface area (Å²) < 4.78 is 0. The van der Waals surface area contributed by atoms with Crippen molar-refractivity contribution in [3.05, 3.63) is 71.3 Å². The third-order valence-corrected chi connectivity index (χ3v) is 4.73. The predicted octanol–water partition coefficient (Wildman–Crippen LogP) is 3.55. The van der Waals surface area contributed by atoms with Crippen molar-refractivity contribution in [2.45, 2.75) is 12.8 Å². The first-order valence-electron chi connectivity index (χ1n) is 8.18. The van der Waals surface area contributed by atoms with Gasteiger partial charge in [-0.05, 0) is 42.2 Å². The molecule has 0 spiro atoms. The fourth-order valence-electron chi connectivity index (χ4n) is 3.43. The first-order valence-corrected chi connectivity index (χ1v) is 8.18. The number of fused-ring (bicyclic) bond motifs is 2. The van der Waals surface area contributed by atoms with Crippen LogP contribution in [0.3, 0.4) is 0 Å². The van der Waals surface area contributed by atoms with Gasteiger partial charge in [0.25, 0.3) is 11.8 Å². The van der Waals surface area contributed by atoms with E-state index in [9.17, 15) is 9.59 Å². The zero-order chi connectivity index (χ0) is 16.7.